The van der Waals surface area contributed by atoms with Crippen molar-refractivity contribution < 1.29 is 9.53 Å². The second-order valence-corrected chi connectivity index (χ2v) is 4.92. The van der Waals surface area contributed by atoms with Gasteiger partial charge in [0.2, 0.25) is 0 Å². The normalized spacial score (nSPS) is 13.4. The third kappa shape index (κ3) is 6.37. The van der Waals surface area contributed by atoms with Gasteiger partial charge in [-0.2, -0.15) is 0 Å². The number of unbranched alkanes of at least 4 members (excludes halogenated alkanes) is 1. The second kappa shape index (κ2) is 9.13. The molecule has 1 aromatic carbocycles. The van der Waals surface area contributed by atoms with Crippen LogP contribution in [0.5, 0.6) is 0 Å². The van der Waals surface area contributed by atoms with Crippen molar-refractivity contribution in [3.63, 3.8) is 0 Å². The van der Waals surface area contributed by atoms with E-state index >= 15 is 0 Å². The first kappa shape index (κ1) is 16.2. The van der Waals surface area contributed by atoms with Gasteiger partial charge in [-0.05, 0) is 31.4 Å². The lowest BCUT2D eigenvalue weighted by Crippen LogP contribution is -2.17. The zero-order valence-electron chi connectivity index (χ0n) is 12.6. The largest absolute Gasteiger partial charge is 0.458 e. The molecule has 1 atom stereocenters. The Bertz CT molecular complexity index is 458. The molecular weight excluding hydrogens is 248 g/mol. The summed E-state index contributed by atoms with van der Waals surface area (Å²) in [5.41, 5.74) is 2.04. The predicted octanol–water partition coefficient (Wildman–Crippen LogP) is 4.46. The smallest absolute Gasteiger partial charge is 0.310 e. The van der Waals surface area contributed by atoms with Crippen LogP contribution >= 0.6 is 0 Å². The first-order chi connectivity index (χ1) is 9.63. The van der Waals surface area contributed by atoms with E-state index in [0.29, 0.717) is 6.42 Å². The number of ether oxygens (including phenoxy) is 1. The van der Waals surface area contributed by atoms with Crippen molar-refractivity contribution in [2.45, 2.75) is 46.1 Å². The van der Waals surface area contributed by atoms with Crippen LogP contribution in [0.3, 0.4) is 0 Å². The molecular formula is C18H24O2. The Morgan fingerprint density at radius 3 is 2.65 bits per heavy atom. The molecule has 0 saturated carbocycles. The van der Waals surface area contributed by atoms with Crippen molar-refractivity contribution in [2.75, 3.05) is 0 Å². The number of allylic oxidation sites excluding steroid dienone is 3. The molecule has 0 fully saturated rings. The van der Waals surface area contributed by atoms with Gasteiger partial charge in [-0.15, -0.1) is 0 Å². The molecule has 0 aliphatic heterocycles. The number of benzene rings is 1. The summed E-state index contributed by atoms with van der Waals surface area (Å²) in [6.07, 6.45) is 8.53. The molecule has 2 nitrogen and oxygen atoms in total. The molecule has 1 unspecified atom stereocenters. The van der Waals surface area contributed by atoms with Crippen molar-refractivity contribution in [3.8, 4) is 0 Å². The summed E-state index contributed by atoms with van der Waals surface area (Å²) < 4.78 is 5.43. The van der Waals surface area contributed by atoms with E-state index < -0.39 is 0 Å². The highest BCUT2D eigenvalue weighted by Crippen LogP contribution is 2.09. The lowest BCUT2D eigenvalue weighted by molar-refractivity contribution is -0.145. The average Bonchev–Trinajstić information content (AvgIpc) is 2.44. The number of rotatable bonds is 7. The fourth-order valence-corrected chi connectivity index (χ4v) is 1.71. The standard InChI is InChI=1S/C18H24O2/c1-4-5-6-8-11-15(2)16(3)20-18(19)14-17-12-9-7-10-13-17/h6-13,16H,4-5,14H2,1-3H3/b8-6+,15-11+. The summed E-state index contributed by atoms with van der Waals surface area (Å²) in [6.45, 7) is 6.04. The van der Waals surface area contributed by atoms with Crippen LogP contribution in [0.25, 0.3) is 0 Å². The minimum absolute atomic E-state index is 0.183. The summed E-state index contributed by atoms with van der Waals surface area (Å²) in [5.74, 6) is -0.186. The van der Waals surface area contributed by atoms with E-state index in [1.54, 1.807) is 0 Å². The first-order valence-corrected chi connectivity index (χ1v) is 7.20. The van der Waals surface area contributed by atoms with E-state index in [-0.39, 0.29) is 12.1 Å². The molecule has 1 aromatic rings. The fraction of sp³-hybridized carbons (Fsp3) is 0.389. The molecule has 0 saturated heterocycles. The molecule has 0 heterocycles. The minimum Gasteiger partial charge on any atom is -0.458 e. The van der Waals surface area contributed by atoms with Crippen molar-refractivity contribution in [1.82, 2.24) is 0 Å². The lowest BCUT2D eigenvalue weighted by atomic mass is 10.1. The van der Waals surface area contributed by atoms with E-state index in [4.69, 9.17) is 4.74 Å². The number of carbonyl (C=O) groups excluding carboxylic acids is 1. The average molecular weight is 272 g/mol. The van der Waals surface area contributed by atoms with Gasteiger partial charge in [-0.1, -0.05) is 61.9 Å². The van der Waals surface area contributed by atoms with E-state index in [1.165, 1.54) is 0 Å². The summed E-state index contributed by atoms with van der Waals surface area (Å²) in [5, 5.41) is 0. The number of esters is 1. The van der Waals surface area contributed by atoms with Crippen LogP contribution in [-0.4, -0.2) is 12.1 Å². The molecule has 0 N–H and O–H groups in total. The molecule has 0 aliphatic rings. The highest BCUT2D eigenvalue weighted by molar-refractivity contribution is 5.72. The maximum Gasteiger partial charge on any atom is 0.310 e. The molecule has 2 heteroatoms. The Morgan fingerprint density at radius 2 is 2.00 bits per heavy atom. The zero-order valence-corrected chi connectivity index (χ0v) is 12.6. The van der Waals surface area contributed by atoms with Gasteiger partial charge in [0, 0.05) is 0 Å². The number of hydrogen-bond acceptors (Lipinski definition) is 2. The lowest BCUT2D eigenvalue weighted by Gasteiger charge is -2.13. The predicted molar refractivity (Wildman–Crippen MR) is 83.5 cm³/mol. The number of hydrogen-bond donors (Lipinski definition) is 0. The summed E-state index contributed by atoms with van der Waals surface area (Å²) in [6, 6.07) is 9.66. The topological polar surface area (TPSA) is 26.3 Å². The van der Waals surface area contributed by atoms with Crippen molar-refractivity contribution in [1.29, 1.82) is 0 Å². The van der Waals surface area contributed by atoms with Gasteiger partial charge >= 0.3 is 5.97 Å². The van der Waals surface area contributed by atoms with E-state index in [1.807, 2.05) is 56.3 Å². The molecule has 0 amide bonds. The third-order valence-electron chi connectivity index (χ3n) is 3.09. The summed E-state index contributed by atoms with van der Waals surface area (Å²) in [4.78, 5) is 11.8. The van der Waals surface area contributed by atoms with Crippen LogP contribution < -0.4 is 0 Å². The van der Waals surface area contributed by atoms with Gasteiger partial charge in [0.25, 0.3) is 0 Å². The van der Waals surface area contributed by atoms with E-state index in [2.05, 4.69) is 13.0 Å². The first-order valence-electron chi connectivity index (χ1n) is 7.20. The maximum atomic E-state index is 11.8. The Balaban J connectivity index is 2.44. The molecule has 1 rings (SSSR count). The Morgan fingerprint density at radius 1 is 1.30 bits per heavy atom. The minimum atomic E-state index is -0.186. The van der Waals surface area contributed by atoms with Crippen molar-refractivity contribution in [2.24, 2.45) is 0 Å². The molecule has 0 aromatic heterocycles. The third-order valence-corrected chi connectivity index (χ3v) is 3.09. The Hall–Kier alpha value is -1.83. The molecule has 108 valence electrons. The molecule has 0 aliphatic carbocycles. The van der Waals surface area contributed by atoms with Crippen LogP contribution in [0.15, 0.2) is 54.1 Å². The van der Waals surface area contributed by atoms with E-state index in [9.17, 15) is 4.79 Å². The van der Waals surface area contributed by atoms with Gasteiger partial charge < -0.3 is 4.74 Å². The molecule has 20 heavy (non-hydrogen) atoms. The van der Waals surface area contributed by atoms with Crippen molar-refractivity contribution in [3.05, 3.63) is 59.7 Å². The second-order valence-electron chi connectivity index (χ2n) is 4.92. The van der Waals surface area contributed by atoms with Gasteiger partial charge in [-0.3, -0.25) is 4.79 Å². The van der Waals surface area contributed by atoms with Crippen LogP contribution in [0.2, 0.25) is 0 Å². The van der Waals surface area contributed by atoms with Crippen LogP contribution in [0.4, 0.5) is 0 Å². The zero-order chi connectivity index (χ0) is 14.8. The van der Waals surface area contributed by atoms with Crippen molar-refractivity contribution >= 4 is 5.97 Å². The molecule has 0 radical (unpaired) electrons. The number of carbonyl (C=O) groups is 1. The Kier molecular flexibility index (Phi) is 7.41. The highest BCUT2D eigenvalue weighted by atomic mass is 16.5. The summed E-state index contributed by atoms with van der Waals surface area (Å²) >= 11 is 0. The SMILES string of the molecule is CCC/C=C/C=C(\C)C(C)OC(=O)Cc1ccccc1. The van der Waals surface area contributed by atoms with Gasteiger partial charge in [0.15, 0.2) is 0 Å². The Labute approximate surface area is 122 Å². The molecule has 0 spiro atoms. The van der Waals surface area contributed by atoms with Crippen LogP contribution in [0.1, 0.15) is 39.2 Å². The summed E-state index contributed by atoms with van der Waals surface area (Å²) in [7, 11) is 0. The van der Waals surface area contributed by atoms with Gasteiger partial charge in [-0.25, -0.2) is 0 Å². The monoisotopic (exact) mass is 272 g/mol. The van der Waals surface area contributed by atoms with Crippen LogP contribution in [-0.2, 0) is 16.0 Å². The quantitative estimate of drug-likeness (QED) is 0.541. The van der Waals surface area contributed by atoms with Gasteiger partial charge in [0.1, 0.15) is 6.10 Å². The van der Waals surface area contributed by atoms with Gasteiger partial charge in [0.05, 0.1) is 6.42 Å². The maximum absolute atomic E-state index is 11.8. The highest BCUT2D eigenvalue weighted by Gasteiger charge is 2.11. The fourth-order valence-electron chi connectivity index (χ4n) is 1.71. The van der Waals surface area contributed by atoms with E-state index in [0.717, 1.165) is 24.0 Å². The van der Waals surface area contributed by atoms with Crippen LogP contribution in [0, 0.1) is 0 Å². The molecule has 0 bridgehead atoms.